The van der Waals surface area contributed by atoms with Crippen LogP contribution in [0.15, 0.2) is 0 Å². The third-order valence-corrected chi connectivity index (χ3v) is 4.39. The lowest BCUT2D eigenvalue weighted by molar-refractivity contribution is -0.135. The van der Waals surface area contributed by atoms with Crippen LogP contribution in [0.2, 0.25) is 0 Å². The van der Waals surface area contributed by atoms with E-state index < -0.39 is 0 Å². The minimum absolute atomic E-state index is 0.220. The van der Waals surface area contributed by atoms with Gasteiger partial charge < -0.3 is 10.2 Å². The van der Waals surface area contributed by atoms with Crippen LogP contribution in [0.25, 0.3) is 0 Å². The highest BCUT2D eigenvalue weighted by Crippen LogP contribution is 2.26. The highest BCUT2D eigenvalue weighted by atomic mass is 16.2. The topological polar surface area (TPSA) is 32.3 Å². The van der Waals surface area contributed by atoms with Gasteiger partial charge in [0, 0.05) is 26.2 Å². The zero-order chi connectivity index (χ0) is 12.3. The quantitative estimate of drug-likeness (QED) is 0.816. The van der Waals surface area contributed by atoms with Crippen LogP contribution in [0, 0.1) is 11.8 Å². The van der Waals surface area contributed by atoms with Crippen molar-refractivity contribution in [1.82, 2.24) is 10.2 Å². The van der Waals surface area contributed by atoms with Gasteiger partial charge in [-0.15, -0.1) is 0 Å². The zero-order valence-corrected chi connectivity index (χ0v) is 11.2. The van der Waals surface area contributed by atoms with E-state index in [9.17, 15) is 4.79 Å². The van der Waals surface area contributed by atoms with Crippen LogP contribution < -0.4 is 5.32 Å². The summed E-state index contributed by atoms with van der Waals surface area (Å²) in [4.78, 5) is 14.3. The van der Waals surface area contributed by atoms with Crippen molar-refractivity contribution in [2.45, 2.75) is 51.5 Å². The SMILES string of the molecule is CC1CCC(C(=O)N(C)CC2CCCC2)CN1. The summed E-state index contributed by atoms with van der Waals surface area (Å²) in [6.07, 6.45) is 7.54. The van der Waals surface area contributed by atoms with Crippen molar-refractivity contribution >= 4 is 5.91 Å². The van der Waals surface area contributed by atoms with Crippen molar-refractivity contribution in [1.29, 1.82) is 0 Å². The molecular formula is C14H26N2O. The number of rotatable bonds is 3. The second kappa shape index (κ2) is 5.85. The Balaban J connectivity index is 1.77. The fraction of sp³-hybridized carbons (Fsp3) is 0.929. The van der Waals surface area contributed by atoms with E-state index in [1.165, 1.54) is 25.7 Å². The lowest BCUT2D eigenvalue weighted by Crippen LogP contribution is -2.45. The summed E-state index contributed by atoms with van der Waals surface area (Å²) in [5.74, 6) is 1.34. The van der Waals surface area contributed by atoms with Gasteiger partial charge in [-0.05, 0) is 38.5 Å². The van der Waals surface area contributed by atoms with Gasteiger partial charge in [0.25, 0.3) is 0 Å². The molecule has 2 unspecified atom stereocenters. The number of nitrogens with one attached hydrogen (secondary N) is 1. The first-order valence-corrected chi connectivity index (χ1v) is 7.15. The van der Waals surface area contributed by atoms with Crippen molar-refractivity contribution in [2.24, 2.45) is 11.8 Å². The maximum absolute atomic E-state index is 12.3. The molecule has 1 saturated carbocycles. The van der Waals surface area contributed by atoms with Crippen molar-refractivity contribution in [3.63, 3.8) is 0 Å². The van der Waals surface area contributed by atoms with E-state index in [-0.39, 0.29) is 5.92 Å². The molecule has 98 valence electrons. The second-order valence-corrected chi connectivity index (χ2v) is 5.95. The van der Waals surface area contributed by atoms with E-state index in [1.807, 2.05) is 11.9 Å². The lowest BCUT2D eigenvalue weighted by Gasteiger charge is -2.31. The van der Waals surface area contributed by atoms with Gasteiger partial charge in [0.1, 0.15) is 0 Å². The Labute approximate surface area is 105 Å². The first kappa shape index (κ1) is 12.9. The summed E-state index contributed by atoms with van der Waals surface area (Å²) in [6, 6.07) is 0.583. The minimum Gasteiger partial charge on any atom is -0.345 e. The maximum Gasteiger partial charge on any atom is 0.226 e. The summed E-state index contributed by atoms with van der Waals surface area (Å²) in [6.45, 7) is 4.04. The van der Waals surface area contributed by atoms with Crippen LogP contribution in [0.3, 0.4) is 0 Å². The molecule has 1 aliphatic heterocycles. The first-order valence-electron chi connectivity index (χ1n) is 7.15. The molecule has 0 aromatic heterocycles. The van der Waals surface area contributed by atoms with Crippen molar-refractivity contribution in [2.75, 3.05) is 20.1 Å². The van der Waals surface area contributed by atoms with E-state index >= 15 is 0 Å². The fourth-order valence-electron chi connectivity index (χ4n) is 3.19. The summed E-state index contributed by atoms with van der Waals surface area (Å²) in [7, 11) is 1.98. The average molecular weight is 238 g/mol. The second-order valence-electron chi connectivity index (χ2n) is 5.95. The molecule has 0 bridgehead atoms. The molecule has 3 nitrogen and oxygen atoms in total. The molecule has 3 heteroatoms. The molecule has 2 rings (SSSR count). The highest BCUT2D eigenvalue weighted by molar-refractivity contribution is 5.78. The van der Waals surface area contributed by atoms with E-state index in [4.69, 9.17) is 0 Å². The van der Waals surface area contributed by atoms with Crippen LogP contribution in [-0.2, 0) is 4.79 Å². The van der Waals surface area contributed by atoms with Gasteiger partial charge in [-0.1, -0.05) is 12.8 Å². The van der Waals surface area contributed by atoms with Crippen LogP contribution >= 0.6 is 0 Å². The number of carbonyl (C=O) groups is 1. The molecule has 2 aliphatic rings. The predicted molar refractivity (Wildman–Crippen MR) is 69.8 cm³/mol. The summed E-state index contributed by atoms with van der Waals surface area (Å²) in [5.41, 5.74) is 0. The standard InChI is InChI=1S/C14H26N2O/c1-11-7-8-13(9-15-11)14(17)16(2)10-12-5-3-4-6-12/h11-13,15H,3-10H2,1-2H3. The van der Waals surface area contributed by atoms with Gasteiger partial charge >= 0.3 is 0 Å². The largest absolute Gasteiger partial charge is 0.345 e. The Morgan fingerprint density at radius 2 is 1.94 bits per heavy atom. The maximum atomic E-state index is 12.3. The molecule has 0 aromatic rings. The Morgan fingerprint density at radius 1 is 1.24 bits per heavy atom. The molecular weight excluding hydrogens is 212 g/mol. The van der Waals surface area contributed by atoms with E-state index in [2.05, 4.69) is 12.2 Å². The normalized spacial score (nSPS) is 30.5. The number of nitrogens with zero attached hydrogens (tertiary/aromatic N) is 1. The van der Waals surface area contributed by atoms with Crippen LogP contribution in [0.1, 0.15) is 45.4 Å². The van der Waals surface area contributed by atoms with Crippen LogP contribution in [0.5, 0.6) is 0 Å². The summed E-state index contributed by atoms with van der Waals surface area (Å²) < 4.78 is 0. The van der Waals surface area contributed by atoms with E-state index in [0.29, 0.717) is 11.9 Å². The van der Waals surface area contributed by atoms with Crippen molar-refractivity contribution in [3.05, 3.63) is 0 Å². The molecule has 0 radical (unpaired) electrons. The average Bonchev–Trinajstić information content (AvgIpc) is 2.82. The number of carbonyl (C=O) groups excluding carboxylic acids is 1. The Hall–Kier alpha value is -0.570. The van der Waals surface area contributed by atoms with E-state index in [1.54, 1.807) is 0 Å². The van der Waals surface area contributed by atoms with Gasteiger partial charge in [0.15, 0.2) is 0 Å². The Kier molecular flexibility index (Phi) is 4.43. The van der Waals surface area contributed by atoms with Crippen molar-refractivity contribution < 1.29 is 4.79 Å². The molecule has 1 saturated heterocycles. The van der Waals surface area contributed by atoms with Crippen LogP contribution in [-0.4, -0.2) is 37.0 Å². The smallest absolute Gasteiger partial charge is 0.226 e. The molecule has 1 aliphatic carbocycles. The third kappa shape index (κ3) is 3.44. The number of hydrogen-bond donors (Lipinski definition) is 1. The number of amides is 1. The van der Waals surface area contributed by atoms with Gasteiger partial charge in [-0.2, -0.15) is 0 Å². The van der Waals surface area contributed by atoms with Gasteiger partial charge in [-0.25, -0.2) is 0 Å². The van der Waals surface area contributed by atoms with Gasteiger partial charge in [0.05, 0.1) is 5.92 Å². The fourth-order valence-corrected chi connectivity index (χ4v) is 3.19. The molecule has 1 N–H and O–H groups in total. The van der Waals surface area contributed by atoms with Gasteiger partial charge in [0.2, 0.25) is 5.91 Å². The zero-order valence-electron chi connectivity index (χ0n) is 11.2. The predicted octanol–water partition coefficient (Wildman–Crippen LogP) is 2.02. The summed E-state index contributed by atoms with van der Waals surface area (Å²) >= 11 is 0. The lowest BCUT2D eigenvalue weighted by atomic mass is 9.94. The van der Waals surface area contributed by atoms with Crippen molar-refractivity contribution in [3.8, 4) is 0 Å². The monoisotopic (exact) mass is 238 g/mol. The first-order chi connectivity index (χ1) is 8.16. The Bertz CT molecular complexity index is 253. The number of piperidine rings is 1. The van der Waals surface area contributed by atoms with E-state index in [0.717, 1.165) is 31.8 Å². The summed E-state index contributed by atoms with van der Waals surface area (Å²) in [5, 5.41) is 3.41. The Morgan fingerprint density at radius 3 is 2.53 bits per heavy atom. The molecule has 0 spiro atoms. The molecule has 0 aromatic carbocycles. The van der Waals surface area contributed by atoms with Crippen LogP contribution in [0.4, 0.5) is 0 Å². The molecule has 2 fully saturated rings. The minimum atomic E-state index is 0.220. The molecule has 2 atom stereocenters. The number of hydrogen-bond acceptors (Lipinski definition) is 2. The molecule has 17 heavy (non-hydrogen) atoms. The molecule has 1 amide bonds. The molecule has 1 heterocycles. The highest BCUT2D eigenvalue weighted by Gasteiger charge is 2.27. The third-order valence-electron chi connectivity index (χ3n) is 4.39. The van der Waals surface area contributed by atoms with Gasteiger partial charge in [-0.3, -0.25) is 4.79 Å².